The number of amides is 2. The predicted molar refractivity (Wildman–Crippen MR) is 105 cm³/mol. The van der Waals surface area contributed by atoms with Crippen LogP contribution in [0, 0.1) is 0 Å². The predicted octanol–water partition coefficient (Wildman–Crippen LogP) is 2.74. The zero-order valence-corrected chi connectivity index (χ0v) is 16.0. The molecule has 142 valence electrons. The van der Waals surface area contributed by atoms with Crippen molar-refractivity contribution >= 4 is 17.9 Å². The number of carbonyl (C=O) groups is 2. The van der Waals surface area contributed by atoms with Gasteiger partial charge in [-0.3, -0.25) is 9.59 Å². The fourth-order valence-corrected chi connectivity index (χ4v) is 2.40. The van der Waals surface area contributed by atoms with Gasteiger partial charge in [-0.1, -0.05) is 18.2 Å². The van der Waals surface area contributed by atoms with E-state index in [2.05, 4.69) is 5.32 Å². The van der Waals surface area contributed by atoms with Gasteiger partial charge in [0, 0.05) is 32.3 Å². The third-order valence-corrected chi connectivity index (χ3v) is 3.91. The number of carbonyl (C=O) groups excluding carboxylic acids is 2. The summed E-state index contributed by atoms with van der Waals surface area (Å²) < 4.78 is 10.4. The highest BCUT2D eigenvalue weighted by molar-refractivity contribution is 5.94. The van der Waals surface area contributed by atoms with E-state index in [1.54, 1.807) is 58.7 Å². The van der Waals surface area contributed by atoms with E-state index in [1.165, 1.54) is 11.0 Å². The summed E-state index contributed by atoms with van der Waals surface area (Å²) in [6, 6.07) is 12.6. The van der Waals surface area contributed by atoms with Crippen molar-refractivity contribution in [1.29, 1.82) is 0 Å². The van der Waals surface area contributed by atoms with E-state index in [1.807, 2.05) is 18.2 Å². The Kier molecular flexibility index (Phi) is 7.00. The van der Waals surface area contributed by atoms with E-state index < -0.39 is 0 Å². The molecule has 2 aromatic carbocycles. The quantitative estimate of drug-likeness (QED) is 0.763. The topological polar surface area (TPSA) is 67.9 Å². The number of rotatable bonds is 7. The largest absolute Gasteiger partial charge is 0.493 e. The van der Waals surface area contributed by atoms with Crippen LogP contribution >= 0.6 is 0 Å². The molecule has 0 aliphatic carbocycles. The highest BCUT2D eigenvalue weighted by Gasteiger charge is 2.07. The van der Waals surface area contributed by atoms with Crippen molar-refractivity contribution in [3.63, 3.8) is 0 Å². The van der Waals surface area contributed by atoms with Gasteiger partial charge in [-0.2, -0.15) is 0 Å². The lowest BCUT2D eigenvalue weighted by molar-refractivity contribution is -0.116. The van der Waals surface area contributed by atoms with E-state index >= 15 is 0 Å². The Bertz CT molecular complexity index is 827. The molecular weight excluding hydrogens is 344 g/mol. The van der Waals surface area contributed by atoms with Gasteiger partial charge in [0.05, 0.1) is 14.2 Å². The van der Waals surface area contributed by atoms with Crippen molar-refractivity contribution in [2.45, 2.75) is 6.54 Å². The van der Waals surface area contributed by atoms with Crippen molar-refractivity contribution < 1.29 is 19.1 Å². The molecule has 0 heterocycles. The van der Waals surface area contributed by atoms with Crippen molar-refractivity contribution in [3.05, 3.63) is 65.2 Å². The van der Waals surface area contributed by atoms with Crippen molar-refractivity contribution in [2.24, 2.45) is 0 Å². The molecule has 0 aromatic heterocycles. The van der Waals surface area contributed by atoms with E-state index in [-0.39, 0.29) is 11.8 Å². The Hall–Kier alpha value is -3.28. The van der Waals surface area contributed by atoms with Crippen LogP contribution in [0.3, 0.4) is 0 Å². The van der Waals surface area contributed by atoms with Crippen LogP contribution in [-0.2, 0) is 11.3 Å². The van der Waals surface area contributed by atoms with E-state index in [0.717, 1.165) is 11.1 Å². The summed E-state index contributed by atoms with van der Waals surface area (Å²) in [7, 11) is 6.56. The second-order valence-electron chi connectivity index (χ2n) is 6.06. The second kappa shape index (κ2) is 9.43. The minimum atomic E-state index is -0.210. The average Bonchev–Trinajstić information content (AvgIpc) is 2.70. The third kappa shape index (κ3) is 5.60. The molecule has 0 spiro atoms. The molecule has 27 heavy (non-hydrogen) atoms. The van der Waals surface area contributed by atoms with Crippen molar-refractivity contribution in [3.8, 4) is 11.5 Å². The molecule has 0 saturated heterocycles. The standard InChI is InChI=1S/C21H24N2O4/c1-23(2)21(25)17-9-5-16(6-10-17)14-22-20(24)12-8-15-7-11-18(26-3)19(13-15)27-4/h5-13H,14H2,1-4H3,(H,22,24)/b12-8+. The van der Waals surface area contributed by atoms with Crippen LogP contribution < -0.4 is 14.8 Å². The smallest absolute Gasteiger partial charge is 0.253 e. The Labute approximate surface area is 159 Å². The first-order valence-corrected chi connectivity index (χ1v) is 8.43. The molecular formula is C21H24N2O4. The van der Waals surface area contributed by atoms with Gasteiger partial charge in [-0.25, -0.2) is 0 Å². The number of hydrogen-bond donors (Lipinski definition) is 1. The lowest BCUT2D eigenvalue weighted by atomic mass is 10.1. The van der Waals surface area contributed by atoms with Gasteiger partial charge in [-0.05, 0) is 41.5 Å². The zero-order chi connectivity index (χ0) is 19.8. The normalized spacial score (nSPS) is 10.5. The number of benzene rings is 2. The Morgan fingerprint density at radius 3 is 2.26 bits per heavy atom. The molecule has 1 N–H and O–H groups in total. The minimum Gasteiger partial charge on any atom is -0.493 e. The Morgan fingerprint density at radius 1 is 1.00 bits per heavy atom. The van der Waals surface area contributed by atoms with Gasteiger partial charge in [0.25, 0.3) is 5.91 Å². The van der Waals surface area contributed by atoms with Crippen LogP contribution in [0.2, 0.25) is 0 Å². The minimum absolute atomic E-state index is 0.0524. The molecule has 0 radical (unpaired) electrons. The first kappa shape index (κ1) is 20.0. The number of hydrogen-bond acceptors (Lipinski definition) is 4. The summed E-state index contributed by atoms with van der Waals surface area (Å²) in [5, 5.41) is 2.81. The summed E-state index contributed by atoms with van der Waals surface area (Å²) in [4.78, 5) is 25.4. The van der Waals surface area contributed by atoms with Crippen LogP contribution in [-0.4, -0.2) is 45.0 Å². The first-order valence-electron chi connectivity index (χ1n) is 8.43. The van der Waals surface area contributed by atoms with Gasteiger partial charge in [0.15, 0.2) is 11.5 Å². The number of methoxy groups -OCH3 is 2. The van der Waals surface area contributed by atoms with Crippen molar-refractivity contribution in [1.82, 2.24) is 10.2 Å². The van der Waals surface area contributed by atoms with Gasteiger partial charge in [0.2, 0.25) is 5.91 Å². The van der Waals surface area contributed by atoms with Crippen LogP contribution in [0.25, 0.3) is 6.08 Å². The van der Waals surface area contributed by atoms with E-state index in [0.29, 0.717) is 23.6 Å². The van der Waals surface area contributed by atoms with Crippen LogP contribution in [0.1, 0.15) is 21.5 Å². The zero-order valence-electron chi connectivity index (χ0n) is 16.0. The molecule has 0 bridgehead atoms. The monoisotopic (exact) mass is 368 g/mol. The number of ether oxygens (including phenoxy) is 2. The van der Waals surface area contributed by atoms with Crippen molar-refractivity contribution in [2.75, 3.05) is 28.3 Å². The highest BCUT2D eigenvalue weighted by atomic mass is 16.5. The molecule has 6 heteroatoms. The van der Waals surface area contributed by atoms with Gasteiger partial charge in [0.1, 0.15) is 0 Å². The summed E-state index contributed by atoms with van der Waals surface area (Å²) in [6.45, 7) is 0.380. The maximum absolute atomic E-state index is 12.0. The maximum Gasteiger partial charge on any atom is 0.253 e. The maximum atomic E-state index is 12.0. The first-order chi connectivity index (χ1) is 12.9. The molecule has 0 atom stereocenters. The van der Waals surface area contributed by atoms with Crippen LogP contribution in [0.5, 0.6) is 11.5 Å². The lowest BCUT2D eigenvalue weighted by Gasteiger charge is -2.10. The van der Waals surface area contributed by atoms with Gasteiger partial charge >= 0.3 is 0 Å². The molecule has 6 nitrogen and oxygen atoms in total. The average molecular weight is 368 g/mol. The summed E-state index contributed by atoms with van der Waals surface area (Å²) in [5.41, 5.74) is 2.36. The summed E-state index contributed by atoms with van der Waals surface area (Å²) >= 11 is 0. The molecule has 2 aromatic rings. The molecule has 0 saturated carbocycles. The number of nitrogens with one attached hydrogen (secondary N) is 1. The Morgan fingerprint density at radius 2 is 1.67 bits per heavy atom. The summed E-state index contributed by atoms with van der Waals surface area (Å²) in [5.74, 6) is 0.976. The Balaban J connectivity index is 1.92. The fraction of sp³-hybridized carbons (Fsp3) is 0.238. The molecule has 0 aliphatic rings. The lowest BCUT2D eigenvalue weighted by Crippen LogP contribution is -2.22. The fourth-order valence-electron chi connectivity index (χ4n) is 2.40. The molecule has 0 fully saturated rings. The van der Waals surface area contributed by atoms with Gasteiger partial charge < -0.3 is 19.7 Å². The van der Waals surface area contributed by atoms with Crippen LogP contribution in [0.4, 0.5) is 0 Å². The third-order valence-electron chi connectivity index (χ3n) is 3.91. The molecule has 2 rings (SSSR count). The molecule has 2 amide bonds. The highest BCUT2D eigenvalue weighted by Crippen LogP contribution is 2.27. The van der Waals surface area contributed by atoms with Gasteiger partial charge in [-0.15, -0.1) is 0 Å². The molecule has 0 aliphatic heterocycles. The second-order valence-corrected chi connectivity index (χ2v) is 6.06. The van der Waals surface area contributed by atoms with Crippen LogP contribution in [0.15, 0.2) is 48.5 Å². The van der Waals surface area contributed by atoms with E-state index in [4.69, 9.17) is 9.47 Å². The SMILES string of the molecule is COc1ccc(/C=C/C(=O)NCc2ccc(C(=O)N(C)C)cc2)cc1OC. The number of nitrogens with zero attached hydrogens (tertiary/aromatic N) is 1. The summed E-state index contributed by atoms with van der Waals surface area (Å²) in [6.07, 6.45) is 3.17. The van der Waals surface area contributed by atoms with E-state index in [9.17, 15) is 9.59 Å². The molecule has 0 unspecified atom stereocenters.